The Morgan fingerprint density at radius 1 is 1.08 bits per heavy atom. The summed E-state index contributed by atoms with van der Waals surface area (Å²) < 4.78 is 39.4. The molecule has 24 heavy (non-hydrogen) atoms. The van der Waals surface area contributed by atoms with Gasteiger partial charge in [-0.05, 0) is 49.4 Å². The molecule has 0 fully saturated rings. The number of sulfonamides is 1. The Hall–Kier alpha value is -1.67. The van der Waals surface area contributed by atoms with Crippen LogP contribution in [0.5, 0.6) is 0 Å². The molecule has 0 saturated heterocycles. The normalized spacial score (nSPS) is 12.7. The standard InChI is InChI=1S/C15H13Cl2FN2O3S/c1-9(15(21)19-13-7-10(16)6-11(17)8-13)20-24(22,23)14-4-2-12(18)3-5-14/h2-9,20H,1H3,(H,19,21)/t9-/m1/s1. The number of anilines is 1. The molecule has 2 aromatic carbocycles. The lowest BCUT2D eigenvalue weighted by Crippen LogP contribution is -2.41. The van der Waals surface area contributed by atoms with Crippen molar-refractivity contribution < 1.29 is 17.6 Å². The Morgan fingerprint density at radius 3 is 2.17 bits per heavy atom. The topological polar surface area (TPSA) is 75.3 Å². The van der Waals surface area contributed by atoms with Crippen LogP contribution in [0.4, 0.5) is 10.1 Å². The maximum atomic E-state index is 12.9. The minimum absolute atomic E-state index is 0.144. The molecule has 2 aromatic rings. The summed E-state index contributed by atoms with van der Waals surface area (Å²) in [5, 5.41) is 3.17. The molecule has 0 aliphatic carbocycles. The number of nitrogens with one attached hydrogen (secondary N) is 2. The van der Waals surface area contributed by atoms with E-state index in [-0.39, 0.29) is 4.90 Å². The summed E-state index contributed by atoms with van der Waals surface area (Å²) >= 11 is 11.7. The van der Waals surface area contributed by atoms with Crippen LogP contribution in [0.25, 0.3) is 0 Å². The fourth-order valence-corrected chi connectivity index (χ4v) is 3.57. The molecule has 0 radical (unpaired) electrons. The number of benzene rings is 2. The van der Waals surface area contributed by atoms with E-state index < -0.39 is 27.8 Å². The second-order valence-corrected chi connectivity index (χ2v) is 7.53. The molecule has 0 heterocycles. The van der Waals surface area contributed by atoms with Crippen molar-refractivity contribution in [3.63, 3.8) is 0 Å². The van der Waals surface area contributed by atoms with Gasteiger partial charge in [-0.15, -0.1) is 0 Å². The summed E-state index contributed by atoms with van der Waals surface area (Å²) in [6.45, 7) is 1.38. The maximum Gasteiger partial charge on any atom is 0.242 e. The van der Waals surface area contributed by atoms with Gasteiger partial charge in [0.25, 0.3) is 0 Å². The highest BCUT2D eigenvalue weighted by molar-refractivity contribution is 7.89. The third-order valence-electron chi connectivity index (χ3n) is 2.98. The van der Waals surface area contributed by atoms with Gasteiger partial charge in [-0.1, -0.05) is 23.2 Å². The van der Waals surface area contributed by atoms with Crippen LogP contribution in [0.15, 0.2) is 47.4 Å². The molecule has 0 spiro atoms. The highest BCUT2D eigenvalue weighted by Crippen LogP contribution is 2.22. The second-order valence-electron chi connectivity index (χ2n) is 4.94. The van der Waals surface area contributed by atoms with Crippen LogP contribution >= 0.6 is 23.2 Å². The Kier molecular flexibility index (Phi) is 5.82. The quantitative estimate of drug-likeness (QED) is 0.820. The van der Waals surface area contributed by atoms with Gasteiger partial charge in [-0.3, -0.25) is 4.79 Å². The molecule has 0 saturated carbocycles. The highest BCUT2D eigenvalue weighted by Gasteiger charge is 2.22. The van der Waals surface area contributed by atoms with Crippen LogP contribution in [0.2, 0.25) is 10.0 Å². The van der Waals surface area contributed by atoms with E-state index in [1.165, 1.54) is 25.1 Å². The third-order valence-corrected chi connectivity index (χ3v) is 4.97. The predicted molar refractivity (Wildman–Crippen MR) is 91.3 cm³/mol. The first-order chi connectivity index (χ1) is 11.2. The number of amides is 1. The fraction of sp³-hybridized carbons (Fsp3) is 0.133. The molecule has 0 aromatic heterocycles. The zero-order valence-corrected chi connectivity index (χ0v) is 14.7. The summed E-state index contributed by atoms with van der Waals surface area (Å²) in [5.41, 5.74) is 0.338. The third kappa shape index (κ3) is 4.91. The van der Waals surface area contributed by atoms with Crippen LogP contribution in [-0.4, -0.2) is 20.4 Å². The minimum Gasteiger partial charge on any atom is -0.325 e. The van der Waals surface area contributed by atoms with Gasteiger partial charge >= 0.3 is 0 Å². The van der Waals surface area contributed by atoms with E-state index in [4.69, 9.17) is 23.2 Å². The lowest BCUT2D eigenvalue weighted by atomic mass is 10.3. The largest absolute Gasteiger partial charge is 0.325 e. The summed E-state index contributed by atoms with van der Waals surface area (Å²) in [7, 11) is -3.96. The number of carbonyl (C=O) groups excluding carboxylic acids is 1. The molecule has 1 atom stereocenters. The molecule has 2 rings (SSSR count). The van der Waals surface area contributed by atoms with Crippen molar-refractivity contribution in [2.24, 2.45) is 0 Å². The minimum atomic E-state index is -3.96. The van der Waals surface area contributed by atoms with Gasteiger partial charge < -0.3 is 5.32 Å². The van der Waals surface area contributed by atoms with E-state index >= 15 is 0 Å². The number of hydrogen-bond donors (Lipinski definition) is 2. The summed E-state index contributed by atoms with van der Waals surface area (Å²) in [6.07, 6.45) is 0. The second kappa shape index (κ2) is 7.48. The van der Waals surface area contributed by atoms with Gasteiger partial charge in [0.05, 0.1) is 10.9 Å². The molecule has 2 N–H and O–H groups in total. The lowest BCUT2D eigenvalue weighted by molar-refractivity contribution is -0.117. The number of halogens is 3. The van der Waals surface area contributed by atoms with Crippen molar-refractivity contribution in [3.05, 3.63) is 58.3 Å². The van der Waals surface area contributed by atoms with E-state index in [1.807, 2.05) is 0 Å². The van der Waals surface area contributed by atoms with E-state index in [0.29, 0.717) is 15.7 Å². The molecule has 9 heteroatoms. The van der Waals surface area contributed by atoms with E-state index in [9.17, 15) is 17.6 Å². The van der Waals surface area contributed by atoms with E-state index in [2.05, 4.69) is 10.0 Å². The average Bonchev–Trinajstić information content (AvgIpc) is 2.46. The molecule has 5 nitrogen and oxygen atoms in total. The zero-order valence-electron chi connectivity index (χ0n) is 12.4. The van der Waals surface area contributed by atoms with Crippen molar-refractivity contribution in [1.29, 1.82) is 0 Å². The van der Waals surface area contributed by atoms with Crippen molar-refractivity contribution in [2.75, 3.05) is 5.32 Å². The average molecular weight is 391 g/mol. The Balaban J connectivity index is 2.09. The molecule has 0 bridgehead atoms. The summed E-state index contributed by atoms with van der Waals surface area (Å²) in [4.78, 5) is 12.0. The Morgan fingerprint density at radius 2 is 1.62 bits per heavy atom. The number of hydrogen-bond acceptors (Lipinski definition) is 3. The number of rotatable bonds is 5. The van der Waals surface area contributed by atoms with Crippen molar-refractivity contribution in [2.45, 2.75) is 17.9 Å². The lowest BCUT2D eigenvalue weighted by Gasteiger charge is -2.15. The van der Waals surface area contributed by atoms with Gasteiger partial charge in [0.2, 0.25) is 15.9 Å². The SMILES string of the molecule is C[C@@H](NS(=O)(=O)c1ccc(F)cc1)C(=O)Nc1cc(Cl)cc(Cl)c1. The molecule has 0 aliphatic rings. The van der Waals surface area contributed by atoms with Crippen LogP contribution in [-0.2, 0) is 14.8 Å². The van der Waals surface area contributed by atoms with Crippen LogP contribution in [0, 0.1) is 5.82 Å². The summed E-state index contributed by atoms with van der Waals surface area (Å²) in [6, 6.07) is 7.65. The highest BCUT2D eigenvalue weighted by atomic mass is 35.5. The van der Waals surface area contributed by atoms with Crippen molar-refractivity contribution in [1.82, 2.24) is 4.72 Å². The predicted octanol–water partition coefficient (Wildman–Crippen LogP) is 3.44. The van der Waals surface area contributed by atoms with Gasteiger partial charge in [-0.2, -0.15) is 4.72 Å². The monoisotopic (exact) mass is 390 g/mol. The Bertz CT molecular complexity index is 837. The first-order valence-corrected chi connectivity index (χ1v) is 8.96. The fourth-order valence-electron chi connectivity index (χ4n) is 1.84. The molecule has 0 unspecified atom stereocenters. The molecular formula is C15H13Cl2FN2O3S. The van der Waals surface area contributed by atoms with Gasteiger partial charge in [0, 0.05) is 15.7 Å². The molecule has 1 amide bonds. The van der Waals surface area contributed by atoms with Gasteiger partial charge in [0.1, 0.15) is 5.82 Å². The van der Waals surface area contributed by atoms with Crippen LogP contribution < -0.4 is 10.0 Å². The summed E-state index contributed by atoms with van der Waals surface area (Å²) in [5.74, 6) is -1.16. The van der Waals surface area contributed by atoms with Crippen LogP contribution in [0.3, 0.4) is 0 Å². The van der Waals surface area contributed by atoms with Crippen LogP contribution in [0.1, 0.15) is 6.92 Å². The molecular weight excluding hydrogens is 378 g/mol. The van der Waals surface area contributed by atoms with Crippen molar-refractivity contribution >= 4 is 44.8 Å². The maximum absolute atomic E-state index is 12.9. The zero-order chi connectivity index (χ0) is 17.9. The molecule has 128 valence electrons. The molecule has 0 aliphatic heterocycles. The Labute approximate surface area is 148 Å². The van der Waals surface area contributed by atoms with Gasteiger partial charge in [-0.25, -0.2) is 12.8 Å². The smallest absolute Gasteiger partial charge is 0.242 e. The first-order valence-electron chi connectivity index (χ1n) is 6.72. The van der Waals surface area contributed by atoms with Crippen molar-refractivity contribution in [3.8, 4) is 0 Å². The number of carbonyl (C=O) groups is 1. The van der Waals surface area contributed by atoms with Gasteiger partial charge in [0.15, 0.2) is 0 Å². The first kappa shape index (κ1) is 18.7. The van der Waals surface area contributed by atoms with E-state index in [0.717, 1.165) is 24.3 Å². The van der Waals surface area contributed by atoms with E-state index in [1.54, 1.807) is 0 Å².